The number of nitrogens with zero attached hydrogens (tertiary/aromatic N) is 2. The van der Waals surface area contributed by atoms with Crippen LogP contribution in [0.3, 0.4) is 0 Å². The van der Waals surface area contributed by atoms with Crippen molar-refractivity contribution in [1.82, 2.24) is 0 Å². The second-order valence-corrected chi connectivity index (χ2v) is 7.74. The molecule has 164 valence electrons. The summed E-state index contributed by atoms with van der Waals surface area (Å²) in [5.74, 6) is 2.08. The summed E-state index contributed by atoms with van der Waals surface area (Å²) in [5.41, 5.74) is 3.71. The van der Waals surface area contributed by atoms with Crippen molar-refractivity contribution in [3.8, 4) is 17.2 Å². The van der Waals surface area contributed by atoms with Crippen LogP contribution in [-0.4, -0.2) is 18.1 Å². The highest BCUT2D eigenvalue weighted by Gasteiger charge is 2.27. The molecule has 1 aliphatic heterocycles. The van der Waals surface area contributed by atoms with Gasteiger partial charge in [-0.2, -0.15) is 0 Å². The fraction of sp³-hybridized carbons (Fsp3) is 0.107. The molecule has 4 aromatic rings. The Balaban J connectivity index is 1.65. The van der Waals surface area contributed by atoms with Gasteiger partial charge in [-0.3, -0.25) is 4.90 Å². The predicted molar refractivity (Wildman–Crippen MR) is 131 cm³/mol. The molecule has 0 fully saturated rings. The molecule has 0 spiro atoms. The van der Waals surface area contributed by atoms with Gasteiger partial charge in [0.15, 0.2) is 11.5 Å². The van der Waals surface area contributed by atoms with Crippen LogP contribution in [0.5, 0.6) is 17.2 Å². The summed E-state index contributed by atoms with van der Waals surface area (Å²) in [6.07, 6.45) is 0.198. The lowest BCUT2D eigenvalue weighted by Crippen LogP contribution is -2.28. The van der Waals surface area contributed by atoms with Crippen molar-refractivity contribution in [3.63, 3.8) is 0 Å². The SMILES string of the molecule is COc1cc(C2CC(N(c3ccccc3)c3ccccc3)=Nc3ccccc3O2)ccc1O. The van der Waals surface area contributed by atoms with Crippen LogP contribution < -0.4 is 14.4 Å². The van der Waals surface area contributed by atoms with E-state index >= 15 is 0 Å². The lowest BCUT2D eigenvalue weighted by Gasteiger charge is -2.28. The van der Waals surface area contributed by atoms with E-state index in [-0.39, 0.29) is 11.9 Å². The summed E-state index contributed by atoms with van der Waals surface area (Å²) in [4.78, 5) is 7.23. The van der Waals surface area contributed by atoms with Gasteiger partial charge in [0.25, 0.3) is 0 Å². The molecule has 0 aromatic heterocycles. The molecule has 0 bridgehead atoms. The number of amidine groups is 1. The number of phenols is 1. The zero-order valence-corrected chi connectivity index (χ0v) is 18.3. The molecule has 5 rings (SSSR count). The maximum absolute atomic E-state index is 10.1. The third-order valence-corrected chi connectivity index (χ3v) is 5.61. The summed E-state index contributed by atoms with van der Waals surface area (Å²) in [6, 6.07) is 33.5. The molecule has 0 radical (unpaired) electrons. The van der Waals surface area contributed by atoms with Crippen LogP contribution in [-0.2, 0) is 0 Å². The zero-order chi connectivity index (χ0) is 22.6. The molecule has 1 unspecified atom stereocenters. The van der Waals surface area contributed by atoms with Gasteiger partial charge in [-0.05, 0) is 54.1 Å². The van der Waals surface area contributed by atoms with Crippen molar-refractivity contribution in [2.75, 3.05) is 12.0 Å². The maximum atomic E-state index is 10.1. The highest BCUT2D eigenvalue weighted by Crippen LogP contribution is 2.40. The molecule has 33 heavy (non-hydrogen) atoms. The minimum atomic E-state index is -0.322. The number of rotatable bonds is 4. The molecule has 0 saturated carbocycles. The van der Waals surface area contributed by atoms with Crippen LogP contribution in [0.4, 0.5) is 17.1 Å². The summed E-state index contributed by atoms with van der Waals surface area (Å²) >= 11 is 0. The number of aromatic hydroxyl groups is 1. The first-order valence-electron chi connectivity index (χ1n) is 10.8. The number of phenolic OH excluding ortho intramolecular Hbond substituents is 1. The minimum absolute atomic E-state index is 0.0966. The van der Waals surface area contributed by atoms with E-state index in [4.69, 9.17) is 14.5 Å². The Bertz CT molecular complexity index is 1230. The van der Waals surface area contributed by atoms with Gasteiger partial charge in [0, 0.05) is 17.8 Å². The van der Waals surface area contributed by atoms with E-state index in [0.717, 1.165) is 28.5 Å². The number of hydrogen-bond donors (Lipinski definition) is 1. The molecule has 0 amide bonds. The average Bonchev–Trinajstić information content (AvgIpc) is 3.05. The van der Waals surface area contributed by atoms with E-state index in [1.54, 1.807) is 13.2 Å². The van der Waals surface area contributed by atoms with Crippen molar-refractivity contribution >= 4 is 22.9 Å². The molecule has 1 N–H and O–H groups in total. The summed E-state index contributed by atoms with van der Waals surface area (Å²) in [5, 5.41) is 10.1. The number of fused-ring (bicyclic) bond motifs is 1. The number of para-hydroxylation sites is 4. The molecule has 1 heterocycles. The molecule has 1 aliphatic rings. The molecular weight excluding hydrogens is 412 g/mol. The zero-order valence-electron chi connectivity index (χ0n) is 18.3. The van der Waals surface area contributed by atoms with Crippen molar-refractivity contribution in [2.24, 2.45) is 4.99 Å². The van der Waals surface area contributed by atoms with Gasteiger partial charge in [-0.15, -0.1) is 0 Å². The molecule has 4 aromatic carbocycles. The van der Waals surface area contributed by atoms with Crippen LogP contribution >= 0.6 is 0 Å². The van der Waals surface area contributed by atoms with Crippen molar-refractivity contribution in [1.29, 1.82) is 0 Å². The Labute approximate surface area is 193 Å². The van der Waals surface area contributed by atoms with E-state index in [1.165, 1.54) is 0 Å². The standard InChI is InChI=1S/C28H24N2O3/c1-32-27-18-20(16-17-24(27)31)26-19-28(29-23-14-8-9-15-25(23)33-26)30(21-10-4-2-5-11-21)22-12-6-3-7-13-22/h2-18,26,31H,19H2,1H3. The molecular formula is C28H24N2O3. The largest absolute Gasteiger partial charge is 0.504 e. The first-order valence-corrected chi connectivity index (χ1v) is 10.8. The highest BCUT2D eigenvalue weighted by molar-refractivity contribution is 6.06. The van der Waals surface area contributed by atoms with Crippen LogP contribution in [0, 0.1) is 0 Å². The van der Waals surface area contributed by atoms with Crippen LogP contribution in [0.1, 0.15) is 18.1 Å². The van der Waals surface area contributed by atoms with Gasteiger partial charge in [0.1, 0.15) is 23.4 Å². The first kappa shape index (κ1) is 20.6. The average molecular weight is 437 g/mol. The fourth-order valence-electron chi connectivity index (χ4n) is 4.02. The molecule has 0 aliphatic carbocycles. The number of anilines is 2. The fourth-order valence-corrected chi connectivity index (χ4v) is 4.02. The topological polar surface area (TPSA) is 54.3 Å². The van der Waals surface area contributed by atoms with Gasteiger partial charge in [0.05, 0.1) is 7.11 Å². The molecule has 5 heteroatoms. The van der Waals surface area contributed by atoms with Gasteiger partial charge in [0.2, 0.25) is 0 Å². The summed E-state index contributed by atoms with van der Waals surface area (Å²) < 4.78 is 11.8. The Kier molecular flexibility index (Phi) is 5.68. The maximum Gasteiger partial charge on any atom is 0.160 e. The van der Waals surface area contributed by atoms with E-state index < -0.39 is 0 Å². The Hall–Kier alpha value is -4.25. The first-order chi connectivity index (χ1) is 16.2. The van der Waals surface area contributed by atoms with Crippen molar-refractivity contribution in [3.05, 3.63) is 109 Å². The molecule has 5 nitrogen and oxygen atoms in total. The van der Waals surface area contributed by atoms with Crippen LogP contribution in [0.2, 0.25) is 0 Å². The van der Waals surface area contributed by atoms with E-state index in [1.807, 2.05) is 72.8 Å². The number of hydrogen-bond acceptors (Lipinski definition) is 5. The second kappa shape index (κ2) is 9.09. The van der Waals surface area contributed by atoms with E-state index in [2.05, 4.69) is 29.2 Å². The normalized spacial score (nSPS) is 14.9. The van der Waals surface area contributed by atoms with Gasteiger partial charge >= 0.3 is 0 Å². The Morgan fingerprint density at radius 1 is 0.848 bits per heavy atom. The minimum Gasteiger partial charge on any atom is -0.504 e. The Morgan fingerprint density at radius 3 is 2.15 bits per heavy atom. The number of benzene rings is 4. The lowest BCUT2D eigenvalue weighted by atomic mass is 10.0. The van der Waals surface area contributed by atoms with E-state index in [0.29, 0.717) is 17.9 Å². The van der Waals surface area contributed by atoms with E-state index in [9.17, 15) is 5.11 Å². The van der Waals surface area contributed by atoms with Crippen molar-refractivity contribution < 1.29 is 14.6 Å². The number of aliphatic imine (C=N–C) groups is 1. The monoisotopic (exact) mass is 436 g/mol. The third-order valence-electron chi connectivity index (χ3n) is 5.61. The van der Waals surface area contributed by atoms with Gasteiger partial charge < -0.3 is 14.6 Å². The predicted octanol–water partition coefficient (Wildman–Crippen LogP) is 6.79. The van der Waals surface area contributed by atoms with Crippen molar-refractivity contribution in [2.45, 2.75) is 12.5 Å². The second-order valence-electron chi connectivity index (χ2n) is 7.74. The lowest BCUT2D eigenvalue weighted by molar-refractivity contribution is 0.216. The van der Waals surface area contributed by atoms with Gasteiger partial charge in [-0.25, -0.2) is 4.99 Å². The quantitative estimate of drug-likeness (QED) is 0.383. The summed E-state index contributed by atoms with van der Waals surface area (Å²) in [6.45, 7) is 0. The van der Waals surface area contributed by atoms with Crippen LogP contribution in [0.15, 0.2) is 108 Å². The Morgan fingerprint density at radius 2 is 1.48 bits per heavy atom. The molecule has 0 saturated heterocycles. The highest BCUT2D eigenvalue weighted by atomic mass is 16.5. The van der Waals surface area contributed by atoms with Crippen LogP contribution in [0.25, 0.3) is 0 Å². The summed E-state index contributed by atoms with van der Waals surface area (Å²) in [7, 11) is 1.54. The van der Waals surface area contributed by atoms with Gasteiger partial charge in [-0.1, -0.05) is 54.6 Å². The third kappa shape index (κ3) is 4.26. The molecule has 1 atom stereocenters. The number of methoxy groups -OCH3 is 1. The smallest absolute Gasteiger partial charge is 0.160 e. The number of ether oxygens (including phenoxy) is 2.